The minimum Gasteiger partial charge on any atom is -0.278 e. The first kappa shape index (κ1) is 14.4. The van der Waals surface area contributed by atoms with Gasteiger partial charge < -0.3 is 0 Å². The van der Waals surface area contributed by atoms with Crippen molar-refractivity contribution in [3.05, 3.63) is 55.0 Å². The molecule has 0 atom stereocenters. The number of aromatic nitrogens is 6. The van der Waals surface area contributed by atoms with Crippen LogP contribution in [0.25, 0.3) is 28.0 Å². The van der Waals surface area contributed by atoms with Crippen LogP contribution in [-0.4, -0.2) is 29.7 Å². The summed E-state index contributed by atoms with van der Waals surface area (Å²) in [6.45, 7) is 0. The molecule has 9 heteroatoms. The summed E-state index contributed by atoms with van der Waals surface area (Å²) in [6.07, 6.45) is 4.77. The SMILES string of the molecule is FC(F)(F)c1cc(-c2cnc(-n3ccnc3)nc2)c2cn[nH]c2c1. The zero-order valence-electron chi connectivity index (χ0n) is 12.0. The van der Waals surface area contributed by atoms with Crippen LogP contribution in [0.15, 0.2) is 49.4 Å². The Hall–Kier alpha value is -3.23. The van der Waals surface area contributed by atoms with Crippen LogP contribution in [0.2, 0.25) is 0 Å². The van der Waals surface area contributed by atoms with Gasteiger partial charge in [0.25, 0.3) is 0 Å². The predicted octanol–water partition coefficient (Wildman–Crippen LogP) is 3.22. The van der Waals surface area contributed by atoms with E-state index < -0.39 is 11.7 Å². The molecule has 120 valence electrons. The molecule has 3 aromatic heterocycles. The number of aromatic amines is 1. The Bertz CT molecular complexity index is 986. The molecule has 0 fully saturated rings. The van der Waals surface area contributed by atoms with E-state index in [1.54, 1.807) is 17.0 Å². The largest absolute Gasteiger partial charge is 0.416 e. The number of H-pyrrole nitrogens is 1. The maximum Gasteiger partial charge on any atom is 0.416 e. The van der Waals surface area contributed by atoms with Crippen LogP contribution in [-0.2, 0) is 6.18 Å². The van der Waals surface area contributed by atoms with Crippen LogP contribution in [0, 0.1) is 0 Å². The molecule has 0 aliphatic carbocycles. The Morgan fingerprint density at radius 3 is 2.50 bits per heavy atom. The fourth-order valence-electron chi connectivity index (χ4n) is 2.42. The number of alkyl halides is 3. The second kappa shape index (κ2) is 5.15. The second-order valence-electron chi connectivity index (χ2n) is 5.09. The van der Waals surface area contributed by atoms with Crippen molar-refractivity contribution in [3.63, 3.8) is 0 Å². The summed E-state index contributed by atoms with van der Waals surface area (Å²) in [5.74, 6) is 0.381. The molecule has 0 aliphatic rings. The topological polar surface area (TPSA) is 72.3 Å². The summed E-state index contributed by atoms with van der Waals surface area (Å²) in [4.78, 5) is 12.3. The lowest BCUT2D eigenvalue weighted by Crippen LogP contribution is -2.05. The van der Waals surface area contributed by atoms with Gasteiger partial charge in [0.2, 0.25) is 5.95 Å². The van der Waals surface area contributed by atoms with Gasteiger partial charge in [-0.1, -0.05) is 0 Å². The molecular weight excluding hydrogens is 321 g/mol. The summed E-state index contributed by atoms with van der Waals surface area (Å²) in [7, 11) is 0. The predicted molar refractivity (Wildman–Crippen MR) is 79.2 cm³/mol. The van der Waals surface area contributed by atoms with Crippen molar-refractivity contribution in [2.24, 2.45) is 0 Å². The number of fused-ring (bicyclic) bond motifs is 1. The fourth-order valence-corrected chi connectivity index (χ4v) is 2.42. The summed E-state index contributed by atoms with van der Waals surface area (Å²) in [6, 6.07) is 2.11. The molecule has 1 aromatic carbocycles. The van der Waals surface area contributed by atoms with E-state index in [4.69, 9.17) is 0 Å². The molecule has 0 radical (unpaired) electrons. The van der Waals surface area contributed by atoms with Crippen molar-refractivity contribution < 1.29 is 13.2 Å². The van der Waals surface area contributed by atoms with Gasteiger partial charge in [0.05, 0.1) is 17.3 Å². The number of nitrogens with one attached hydrogen (secondary N) is 1. The van der Waals surface area contributed by atoms with Crippen LogP contribution in [0.5, 0.6) is 0 Å². The van der Waals surface area contributed by atoms with Crippen molar-refractivity contribution in [1.29, 1.82) is 0 Å². The highest BCUT2D eigenvalue weighted by Gasteiger charge is 2.31. The first-order valence-corrected chi connectivity index (χ1v) is 6.87. The Morgan fingerprint density at radius 1 is 1.04 bits per heavy atom. The van der Waals surface area contributed by atoms with Gasteiger partial charge in [-0.05, 0) is 17.7 Å². The number of hydrogen-bond acceptors (Lipinski definition) is 4. The highest BCUT2D eigenvalue weighted by atomic mass is 19.4. The van der Waals surface area contributed by atoms with E-state index in [1.807, 2.05) is 0 Å². The third kappa shape index (κ3) is 2.39. The first-order chi connectivity index (χ1) is 11.5. The van der Waals surface area contributed by atoms with E-state index in [-0.39, 0.29) is 0 Å². The zero-order valence-corrected chi connectivity index (χ0v) is 12.0. The molecule has 0 bridgehead atoms. The Balaban J connectivity index is 1.85. The lowest BCUT2D eigenvalue weighted by molar-refractivity contribution is -0.137. The minimum atomic E-state index is -4.45. The van der Waals surface area contributed by atoms with Crippen molar-refractivity contribution >= 4 is 10.9 Å². The van der Waals surface area contributed by atoms with Crippen molar-refractivity contribution in [2.75, 3.05) is 0 Å². The number of rotatable bonds is 2. The van der Waals surface area contributed by atoms with Gasteiger partial charge >= 0.3 is 6.18 Å². The molecule has 6 nitrogen and oxygen atoms in total. The quantitative estimate of drug-likeness (QED) is 0.612. The van der Waals surface area contributed by atoms with Crippen LogP contribution in [0.3, 0.4) is 0 Å². The minimum absolute atomic E-state index is 0.304. The third-order valence-electron chi connectivity index (χ3n) is 3.57. The van der Waals surface area contributed by atoms with E-state index in [1.165, 1.54) is 24.9 Å². The normalized spacial score (nSPS) is 12.0. The van der Waals surface area contributed by atoms with Crippen molar-refractivity contribution in [2.45, 2.75) is 6.18 Å². The van der Waals surface area contributed by atoms with Gasteiger partial charge in [0.1, 0.15) is 6.33 Å². The molecule has 4 aromatic rings. The molecule has 0 spiro atoms. The number of nitrogens with zero attached hydrogens (tertiary/aromatic N) is 5. The second-order valence-corrected chi connectivity index (χ2v) is 5.09. The maximum atomic E-state index is 13.1. The van der Waals surface area contributed by atoms with Crippen LogP contribution in [0.1, 0.15) is 5.56 Å². The van der Waals surface area contributed by atoms with Gasteiger partial charge in [-0.3, -0.25) is 9.67 Å². The number of benzene rings is 1. The molecule has 0 saturated heterocycles. The average Bonchev–Trinajstić information content (AvgIpc) is 3.24. The summed E-state index contributed by atoms with van der Waals surface area (Å²) < 4.78 is 40.9. The maximum absolute atomic E-state index is 13.1. The summed E-state index contributed by atoms with van der Waals surface area (Å²) in [5.41, 5.74) is 0.383. The Labute approximate surface area is 133 Å². The van der Waals surface area contributed by atoms with E-state index in [2.05, 4.69) is 25.1 Å². The first-order valence-electron chi connectivity index (χ1n) is 6.87. The fraction of sp³-hybridized carbons (Fsp3) is 0.0667. The monoisotopic (exact) mass is 330 g/mol. The molecule has 0 aliphatic heterocycles. The summed E-state index contributed by atoms with van der Waals surface area (Å²) >= 11 is 0. The molecular formula is C15H9F3N6. The van der Waals surface area contributed by atoms with Gasteiger partial charge in [-0.2, -0.15) is 18.3 Å². The molecule has 24 heavy (non-hydrogen) atoms. The number of imidazole rings is 1. The van der Waals surface area contributed by atoms with Gasteiger partial charge in [-0.25, -0.2) is 15.0 Å². The van der Waals surface area contributed by atoms with Gasteiger partial charge in [0, 0.05) is 35.7 Å². The van der Waals surface area contributed by atoms with Crippen LogP contribution < -0.4 is 0 Å². The molecule has 1 N–H and O–H groups in total. The number of hydrogen-bond donors (Lipinski definition) is 1. The smallest absolute Gasteiger partial charge is 0.278 e. The highest BCUT2D eigenvalue weighted by molar-refractivity contribution is 5.94. The van der Waals surface area contributed by atoms with Crippen LogP contribution in [0.4, 0.5) is 13.2 Å². The third-order valence-corrected chi connectivity index (χ3v) is 3.57. The Kier molecular flexibility index (Phi) is 3.08. The average molecular weight is 330 g/mol. The van der Waals surface area contributed by atoms with E-state index >= 15 is 0 Å². The zero-order chi connectivity index (χ0) is 16.7. The van der Waals surface area contributed by atoms with E-state index in [0.717, 1.165) is 12.1 Å². The molecule has 0 amide bonds. The Morgan fingerprint density at radius 2 is 1.83 bits per heavy atom. The van der Waals surface area contributed by atoms with Crippen LogP contribution >= 0.6 is 0 Å². The van der Waals surface area contributed by atoms with E-state index in [0.29, 0.717) is 28.0 Å². The van der Waals surface area contributed by atoms with Crippen molar-refractivity contribution in [3.8, 4) is 17.1 Å². The standard InChI is InChI=1S/C15H9F3N6/c16-15(17,18)10-3-11(12-7-22-23-13(12)4-10)9-5-20-14(21-6-9)24-2-1-19-8-24/h1-8H,(H,22,23). The van der Waals surface area contributed by atoms with Gasteiger partial charge in [-0.15, -0.1) is 0 Å². The molecule has 3 heterocycles. The summed E-state index contributed by atoms with van der Waals surface area (Å²) in [5, 5.41) is 6.97. The highest BCUT2D eigenvalue weighted by Crippen LogP contribution is 2.36. The lowest BCUT2D eigenvalue weighted by Gasteiger charge is -2.10. The molecule has 4 rings (SSSR count). The van der Waals surface area contributed by atoms with Crippen molar-refractivity contribution in [1.82, 2.24) is 29.7 Å². The van der Waals surface area contributed by atoms with E-state index in [9.17, 15) is 13.2 Å². The number of halogens is 3. The van der Waals surface area contributed by atoms with Gasteiger partial charge in [0.15, 0.2) is 0 Å². The molecule has 0 unspecified atom stereocenters. The molecule has 0 saturated carbocycles. The lowest BCUT2D eigenvalue weighted by atomic mass is 10.0.